The van der Waals surface area contributed by atoms with Crippen molar-refractivity contribution in [3.63, 3.8) is 0 Å². The van der Waals surface area contributed by atoms with Gasteiger partial charge in [0.1, 0.15) is 0 Å². The lowest BCUT2D eigenvalue weighted by Gasteiger charge is -2.13. The summed E-state index contributed by atoms with van der Waals surface area (Å²) in [6.45, 7) is 5.62. The summed E-state index contributed by atoms with van der Waals surface area (Å²) in [7, 11) is 0. The minimum Gasteiger partial charge on any atom is -0.302 e. The standard InChI is InChI=1S/C19H23N3OS/c1-5-10-20-12-16-11-18(15-6-8-17(24-4)9-7-15)21-22(19(16)23)13-14(2)3/h1,6-9,11,14,20H,10,12-13H2,2-4H3. The largest absolute Gasteiger partial charge is 0.302 e. The van der Waals surface area contributed by atoms with E-state index in [1.807, 2.05) is 24.5 Å². The first-order chi connectivity index (χ1) is 11.5. The summed E-state index contributed by atoms with van der Waals surface area (Å²) in [4.78, 5) is 13.8. The maximum atomic E-state index is 12.6. The second-order valence-electron chi connectivity index (χ2n) is 5.97. The van der Waals surface area contributed by atoms with Crippen LogP contribution in [0.1, 0.15) is 19.4 Å². The van der Waals surface area contributed by atoms with Crippen molar-refractivity contribution in [3.05, 3.63) is 46.2 Å². The summed E-state index contributed by atoms with van der Waals surface area (Å²) in [6.07, 6.45) is 7.31. The number of rotatable bonds is 7. The monoisotopic (exact) mass is 341 g/mol. The fourth-order valence-electron chi connectivity index (χ4n) is 2.37. The number of benzene rings is 1. The van der Waals surface area contributed by atoms with Crippen molar-refractivity contribution in [2.75, 3.05) is 12.8 Å². The second-order valence-corrected chi connectivity index (χ2v) is 6.85. The van der Waals surface area contributed by atoms with Crippen molar-refractivity contribution in [1.29, 1.82) is 0 Å². The molecule has 1 aromatic heterocycles. The van der Waals surface area contributed by atoms with Crippen molar-refractivity contribution >= 4 is 11.8 Å². The molecule has 0 aliphatic carbocycles. The van der Waals surface area contributed by atoms with Gasteiger partial charge in [-0.1, -0.05) is 31.9 Å². The Kier molecular flexibility index (Phi) is 6.65. The zero-order valence-corrected chi connectivity index (χ0v) is 15.2. The maximum absolute atomic E-state index is 12.6. The van der Waals surface area contributed by atoms with Crippen LogP contribution < -0.4 is 10.9 Å². The van der Waals surface area contributed by atoms with E-state index in [4.69, 9.17) is 6.42 Å². The number of nitrogens with one attached hydrogen (secondary N) is 1. The molecule has 24 heavy (non-hydrogen) atoms. The van der Waals surface area contributed by atoms with E-state index in [0.717, 1.165) is 11.3 Å². The fraction of sp³-hybridized carbons (Fsp3) is 0.368. The van der Waals surface area contributed by atoms with E-state index in [9.17, 15) is 4.79 Å². The van der Waals surface area contributed by atoms with Crippen LogP contribution in [0, 0.1) is 18.3 Å². The molecule has 0 fully saturated rings. The van der Waals surface area contributed by atoms with Crippen LogP contribution in [-0.4, -0.2) is 22.6 Å². The van der Waals surface area contributed by atoms with Crippen LogP contribution in [0.15, 0.2) is 40.0 Å². The molecule has 0 aliphatic rings. The molecule has 0 spiro atoms. The van der Waals surface area contributed by atoms with Crippen LogP contribution >= 0.6 is 11.8 Å². The first-order valence-corrected chi connectivity index (χ1v) is 9.17. The van der Waals surface area contributed by atoms with Gasteiger partial charge in [0.05, 0.1) is 12.2 Å². The van der Waals surface area contributed by atoms with Crippen molar-refractivity contribution in [1.82, 2.24) is 15.1 Å². The molecule has 0 aliphatic heterocycles. The van der Waals surface area contributed by atoms with E-state index in [2.05, 4.69) is 42.3 Å². The first kappa shape index (κ1) is 18.3. The average molecular weight is 341 g/mol. The van der Waals surface area contributed by atoms with Gasteiger partial charge in [0.15, 0.2) is 0 Å². The summed E-state index contributed by atoms with van der Waals surface area (Å²) < 4.78 is 1.56. The Morgan fingerprint density at radius 2 is 2.04 bits per heavy atom. The van der Waals surface area contributed by atoms with Crippen molar-refractivity contribution in [2.45, 2.75) is 31.8 Å². The van der Waals surface area contributed by atoms with Crippen LogP contribution in [0.3, 0.4) is 0 Å². The Bertz CT molecular complexity index is 773. The van der Waals surface area contributed by atoms with Gasteiger partial charge >= 0.3 is 0 Å². The SMILES string of the molecule is C#CCNCc1cc(-c2ccc(SC)cc2)nn(CC(C)C)c1=O. The highest BCUT2D eigenvalue weighted by atomic mass is 32.2. The smallest absolute Gasteiger partial charge is 0.271 e. The predicted molar refractivity (Wildman–Crippen MR) is 101 cm³/mol. The van der Waals surface area contributed by atoms with E-state index in [1.165, 1.54) is 4.90 Å². The van der Waals surface area contributed by atoms with Gasteiger partial charge in [0.2, 0.25) is 0 Å². The van der Waals surface area contributed by atoms with Gasteiger partial charge in [0, 0.05) is 29.1 Å². The zero-order chi connectivity index (χ0) is 17.5. The lowest BCUT2D eigenvalue weighted by molar-refractivity contribution is 0.461. The molecular formula is C19H23N3OS. The third-order valence-corrected chi connectivity index (χ3v) is 4.26. The molecule has 0 saturated heterocycles. The predicted octanol–water partition coefficient (Wildman–Crippen LogP) is 3.01. The molecule has 4 nitrogen and oxygen atoms in total. The fourth-order valence-corrected chi connectivity index (χ4v) is 2.77. The Morgan fingerprint density at radius 1 is 1.33 bits per heavy atom. The molecule has 2 rings (SSSR count). The van der Waals surface area contributed by atoms with Gasteiger partial charge < -0.3 is 5.32 Å². The molecule has 1 N–H and O–H groups in total. The molecule has 0 atom stereocenters. The summed E-state index contributed by atoms with van der Waals surface area (Å²) in [5.41, 5.74) is 2.44. The topological polar surface area (TPSA) is 46.9 Å². The lowest BCUT2D eigenvalue weighted by atomic mass is 10.1. The number of aromatic nitrogens is 2. The molecule has 0 unspecified atom stereocenters. The molecule has 2 aromatic rings. The summed E-state index contributed by atoms with van der Waals surface area (Å²) >= 11 is 1.70. The van der Waals surface area contributed by atoms with Gasteiger partial charge in [0.25, 0.3) is 5.56 Å². The Balaban J connectivity index is 2.43. The highest BCUT2D eigenvalue weighted by Crippen LogP contribution is 2.21. The number of thioether (sulfide) groups is 1. The minimum atomic E-state index is -0.0577. The van der Waals surface area contributed by atoms with Gasteiger partial charge in [-0.05, 0) is 30.4 Å². The van der Waals surface area contributed by atoms with Crippen molar-refractivity contribution in [2.24, 2.45) is 5.92 Å². The zero-order valence-electron chi connectivity index (χ0n) is 14.4. The highest BCUT2D eigenvalue weighted by Gasteiger charge is 2.11. The van der Waals surface area contributed by atoms with E-state index in [-0.39, 0.29) is 5.56 Å². The lowest BCUT2D eigenvalue weighted by Crippen LogP contribution is -2.31. The maximum Gasteiger partial charge on any atom is 0.271 e. The van der Waals surface area contributed by atoms with E-state index in [0.29, 0.717) is 31.1 Å². The number of hydrogen-bond donors (Lipinski definition) is 1. The van der Waals surface area contributed by atoms with Crippen LogP contribution in [0.2, 0.25) is 0 Å². The normalized spacial score (nSPS) is 10.8. The van der Waals surface area contributed by atoms with Crippen LogP contribution in [0.5, 0.6) is 0 Å². The highest BCUT2D eigenvalue weighted by molar-refractivity contribution is 7.98. The number of hydrogen-bond acceptors (Lipinski definition) is 4. The number of nitrogens with zero attached hydrogens (tertiary/aromatic N) is 2. The van der Waals surface area contributed by atoms with Gasteiger partial charge in [-0.25, -0.2) is 4.68 Å². The third-order valence-electron chi connectivity index (χ3n) is 3.51. The average Bonchev–Trinajstić information content (AvgIpc) is 2.58. The molecular weight excluding hydrogens is 318 g/mol. The molecule has 1 heterocycles. The summed E-state index contributed by atoms with van der Waals surface area (Å²) in [5.74, 6) is 2.87. The van der Waals surface area contributed by atoms with Gasteiger partial charge in [-0.3, -0.25) is 4.79 Å². The molecule has 0 saturated carbocycles. The Labute approximate surface area is 147 Å². The molecule has 0 amide bonds. The van der Waals surface area contributed by atoms with Crippen LogP contribution in [0.25, 0.3) is 11.3 Å². The van der Waals surface area contributed by atoms with Gasteiger partial charge in [-0.2, -0.15) is 5.10 Å². The summed E-state index contributed by atoms with van der Waals surface area (Å²) in [6, 6.07) is 10.1. The third kappa shape index (κ3) is 4.73. The molecule has 0 bridgehead atoms. The van der Waals surface area contributed by atoms with Crippen LogP contribution in [0.4, 0.5) is 0 Å². The van der Waals surface area contributed by atoms with Crippen molar-refractivity contribution in [3.8, 4) is 23.6 Å². The van der Waals surface area contributed by atoms with E-state index >= 15 is 0 Å². The molecule has 1 aromatic carbocycles. The first-order valence-electron chi connectivity index (χ1n) is 7.94. The van der Waals surface area contributed by atoms with Gasteiger partial charge in [-0.15, -0.1) is 18.2 Å². The summed E-state index contributed by atoms with van der Waals surface area (Å²) in [5, 5.41) is 7.65. The number of terminal acetylenes is 1. The molecule has 5 heteroatoms. The van der Waals surface area contributed by atoms with E-state index < -0.39 is 0 Å². The second kappa shape index (κ2) is 8.72. The Morgan fingerprint density at radius 3 is 2.62 bits per heavy atom. The van der Waals surface area contributed by atoms with E-state index in [1.54, 1.807) is 16.4 Å². The quantitative estimate of drug-likeness (QED) is 0.478. The van der Waals surface area contributed by atoms with Crippen molar-refractivity contribution < 1.29 is 0 Å². The minimum absolute atomic E-state index is 0.0577. The molecule has 0 radical (unpaired) electrons. The molecule has 126 valence electrons. The Hall–Kier alpha value is -2.03. The van der Waals surface area contributed by atoms with Crippen LogP contribution in [-0.2, 0) is 13.1 Å².